The predicted molar refractivity (Wildman–Crippen MR) is 100 cm³/mol. The second-order valence-corrected chi connectivity index (χ2v) is 7.73. The molecule has 7 nitrogen and oxygen atoms in total. The first kappa shape index (κ1) is 18.2. The fourth-order valence-electron chi connectivity index (χ4n) is 3.38. The maximum Gasteiger partial charge on any atom is 0.404 e. The van der Waals surface area contributed by atoms with Crippen LogP contribution in [0.25, 0.3) is 11.0 Å². The smallest absolute Gasteiger partial charge is 0.404 e. The van der Waals surface area contributed by atoms with Crippen molar-refractivity contribution in [1.82, 2.24) is 19.9 Å². The number of fused-ring (bicyclic) bond motifs is 1. The second-order valence-electron chi connectivity index (χ2n) is 6.16. The minimum Gasteiger partial charge on any atom is -0.465 e. The number of thioether (sulfide) groups is 1. The molecule has 2 aromatic heterocycles. The van der Waals surface area contributed by atoms with Crippen LogP contribution in [0.1, 0.15) is 37.3 Å². The molecular formula is C16H19BrN4O3S. The molecule has 2 heterocycles. The van der Waals surface area contributed by atoms with E-state index in [4.69, 9.17) is 5.11 Å². The van der Waals surface area contributed by atoms with E-state index in [1.807, 2.05) is 13.2 Å². The van der Waals surface area contributed by atoms with E-state index in [1.54, 1.807) is 10.8 Å². The molecule has 0 unspecified atom stereocenters. The molecule has 134 valence electrons. The number of rotatable bonds is 3. The van der Waals surface area contributed by atoms with Gasteiger partial charge in [0.05, 0.1) is 4.47 Å². The molecule has 2 aromatic rings. The van der Waals surface area contributed by atoms with Crippen LogP contribution in [0.4, 0.5) is 4.79 Å². The zero-order chi connectivity index (χ0) is 18.1. The van der Waals surface area contributed by atoms with Crippen LogP contribution in [0, 0.1) is 6.92 Å². The number of aryl methyl sites for hydroxylation is 1. The Bertz CT molecular complexity index is 878. The van der Waals surface area contributed by atoms with Crippen molar-refractivity contribution < 1.29 is 9.90 Å². The Kier molecular flexibility index (Phi) is 5.33. The maximum absolute atomic E-state index is 12.9. The summed E-state index contributed by atoms with van der Waals surface area (Å²) in [4.78, 5) is 32.6. The summed E-state index contributed by atoms with van der Waals surface area (Å²) in [6.07, 6.45) is 5.54. The van der Waals surface area contributed by atoms with Crippen LogP contribution in [-0.2, 0) is 0 Å². The van der Waals surface area contributed by atoms with Gasteiger partial charge in [-0.15, -0.1) is 0 Å². The normalized spacial score (nSPS) is 20.6. The van der Waals surface area contributed by atoms with Crippen molar-refractivity contribution in [2.45, 2.75) is 49.8 Å². The lowest BCUT2D eigenvalue weighted by atomic mass is 9.91. The summed E-state index contributed by atoms with van der Waals surface area (Å²) < 4.78 is 2.29. The highest BCUT2D eigenvalue weighted by molar-refractivity contribution is 9.10. The number of amides is 1. The average Bonchev–Trinajstić information content (AvgIpc) is 2.60. The van der Waals surface area contributed by atoms with Crippen molar-refractivity contribution in [3.05, 3.63) is 26.6 Å². The van der Waals surface area contributed by atoms with Gasteiger partial charge in [0.2, 0.25) is 0 Å². The highest BCUT2D eigenvalue weighted by atomic mass is 79.9. The van der Waals surface area contributed by atoms with Gasteiger partial charge in [0.15, 0.2) is 5.16 Å². The number of nitrogens with one attached hydrogen (secondary N) is 1. The van der Waals surface area contributed by atoms with Gasteiger partial charge < -0.3 is 10.4 Å². The highest BCUT2D eigenvalue weighted by Gasteiger charge is 2.27. The van der Waals surface area contributed by atoms with E-state index in [-0.39, 0.29) is 17.6 Å². The molecule has 0 aromatic carbocycles. The van der Waals surface area contributed by atoms with E-state index in [1.165, 1.54) is 11.8 Å². The lowest BCUT2D eigenvalue weighted by Gasteiger charge is -2.30. The molecule has 0 spiro atoms. The third-order valence-corrected chi connectivity index (χ3v) is 6.18. The summed E-state index contributed by atoms with van der Waals surface area (Å²) in [5.74, 6) is 0. The molecule has 0 bridgehead atoms. The van der Waals surface area contributed by atoms with Gasteiger partial charge in [-0.25, -0.2) is 14.8 Å². The largest absolute Gasteiger partial charge is 0.465 e. The maximum atomic E-state index is 12.9. The molecule has 25 heavy (non-hydrogen) atoms. The standard InChI is InChI=1S/C16H19BrN4O3S/c1-8-11-7-18-15(25-2)20-13(11)21(14(22)12(8)17)10-5-3-9(4-6-10)19-16(23)24/h7,9-10,19H,3-6H2,1-2H3,(H,23,24)/t9-,10-. The number of carboxylic acid groups (broad SMARTS) is 1. The van der Waals surface area contributed by atoms with Gasteiger partial charge in [-0.05, 0) is 60.4 Å². The third kappa shape index (κ3) is 3.52. The van der Waals surface area contributed by atoms with E-state index in [0.29, 0.717) is 28.1 Å². The highest BCUT2D eigenvalue weighted by Crippen LogP contribution is 2.32. The number of nitrogens with zero attached hydrogens (tertiary/aromatic N) is 3. The summed E-state index contributed by atoms with van der Waals surface area (Å²) in [5.41, 5.74) is 1.40. The van der Waals surface area contributed by atoms with E-state index in [2.05, 4.69) is 31.2 Å². The number of hydrogen-bond donors (Lipinski definition) is 2. The van der Waals surface area contributed by atoms with Crippen LogP contribution in [0.15, 0.2) is 20.6 Å². The summed E-state index contributed by atoms with van der Waals surface area (Å²) in [5, 5.41) is 12.9. The van der Waals surface area contributed by atoms with Gasteiger partial charge >= 0.3 is 6.09 Å². The van der Waals surface area contributed by atoms with Gasteiger partial charge in [-0.1, -0.05) is 11.8 Å². The summed E-state index contributed by atoms with van der Waals surface area (Å²) in [7, 11) is 0. The molecule has 1 saturated carbocycles. The van der Waals surface area contributed by atoms with E-state index >= 15 is 0 Å². The Morgan fingerprint density at radius 2 is 2.08 bits per heavy atom. The zero-order valence-electron chi connectivity index (χ0n) is 14.0. The van der Waals surface area contributed by atoms with Gasteiger partial charge in [-0.2, -0.15) is 0 Å². The SMILES string of the molecule is CSc1ncc2c(C)c(Br)c(=O)n([C@H]3CC[C@H](NC(=O)O)CC3)c2n1. The average molecular weight is 427 g/mol. The number of carbonyl (C=O) groups is 1. The van der Waals surface area contributed by atoms with Crippen LogP contribution in [0.3, 0.4) is 0 Å². The van der Waals surface area contributed by atoms with Crippen molar-refractivity contribution in [1.29, 1.82) is 0 Å². The first-order chi connectivity index (χ1) is 11.9. The minimum absolute atomic E-state index is 0.00310. The summed E-state index contributed by atoms with van der Waals surface area (Å²) >= 11 is 4.85. The lowest BCUT2D eigenvalue weighted by Crippen LogP contribution is -2.38. The molecule has 1 fully saturated rings. The molecule has 3 rings (SSSR count). The second kappa shape index (κ2) is 7.33. The van der Waals surface area contributed by atoms with Crippen molar-refractivity contribution in [2.24, 2.45) is 0 Å². The van der Waals surface area contributed by atoms with Crippen molar-refractivity contribution in [3.8, 4) is 0 Å². The molecule has 0 atom stereocenters. The Labute approximate surface area is 157 Å². The fourth-order valence-corrected chi connectivity index (χ4v) is 4.12. The Balaban J connectivity index is 2.04. The Hall–Kier alpha value is -1.61. The van der Waals surface area contributed by atoms with Gasteiger partial charge in [0.1, 0.15) is 5.65 Å². The van der Waals surface area contributed by atoms with E-state index in [0.717, 1.165) is 23.8 Å². The topological polar surface area (TPSA) is 97.1 Å². The van der Waals surface area contributed by atoms with Gasteiger partial charge in [-0.3, -0.25) is 9.36 Å². The first-order valence-corrected chi connectivity index (χ1v) is 10.0. The molecule has 0 radical (unpaired) electrons. The minimum atomic E-state index is -0.999. The van der Waals surface area contributed by atoms with E-state index < -0.39 is 6.09 Å². The van der Waals surface area contributed by atoms with Crippen LogP contribution in [-0.4, -0.2) is 38.0 Å². The number of aromatic nitrogens is 3. The van der Waals surface area contributed by atoms with Crippen LogP contribution in [0.2, 0.25) is 0 Å². The molecule has 1 aliphatic rings. The molecule has 1 amide bonds. The molecular weight excluding hydrogens is 408 g/mol. The molecule has 0 aliphatic heterocycles. The third-order valence-electron chi connectivity index (χ3n) is 4.69. The fraction of sp³-hybridized carbons (Fsp3) is 0.500. The summed E-state index contributed by atoms with van der Waals surface area (Å²) in [6.45, 7) is 1.88. The number of pyridine rings is 1. The first-order valence-electron chi connectivity index (χ1n) is 8.03. The lowest BCUT2D eigenvalue weighted by molar-refractivity contribution is 0.182. The molecule has 1 aliphatic carbocycles. The quantitative estimate of drug-likeness (QED) is 0.576. The monoisotopic (exact) mass is 426 g/mol. The van der Waals surface area contributed by atoms with Crippen LogP contribution in [0.5, 0.6) is 0 Å². The molecule has 9 heteroatoms. The van der Waals surface area contributed by atoms with Gasteiger partial charge in [0, 0.05) is 23.7 Å². The number of halogens is 1. The molecule has 0 saturated heterocycles. The summed E-state index contributed by atoms with van der Waals surface area (Å²) in [6, 6.07) is -0.0515. The number of hydrogen-bond acceptors (Lipinski definition) is 5. The van der Waals surface area contributed by atoms with Crippen molar-refractivity contribution in [3.63, 3.8) is 0 Å². The van der Waals surface area contributed by atoms with E-state index in [9.17, 15) is 9.59 Å². The molecule has 2 N–H and O–H groups in total. The van der Waals surface area contributed by atoms with Crippen LogP contribution < -0.4 is 10.9 Å². The van der Waals surface area contributed by atoms with Crippen molar-refractivity contribution in [2.75, 3.05) is 6.26 Å². The van der Waals surface area contributed by atoms with Gasteiger partial charge in [0.25, 0.3) is 5.56 Å². The van der Waals surface area contributed by atoms with Crippen LogP contribution >= 0.6 is 27.7 Å². The Morgan fingerprint density at radius 3 is 2.68 bits per heavy atom. The Morgan fingerprint density at radius 1 is 1.40 bits per heavy atom. The zero-order valence-corrected chi connectivity index (χ0v) is 16.4. The van der Waals surface area contributed by atoms with Crippen molar-refractivity contribution >= 4 is 44.8 Å². The predicted octanol–water partition coefficient (Wildman–Crippen LogP) is 3.34.